The zero-order chi connectivity index (χ0) is 107. The van der Waals surface area contributed by atoms with Crippen LogP contribution < -0.4 is 64.2 Å². The summed E-state index contributed by atoms with van der Waals surface area (Å²) in [6, 6.07) is 21.6. The maximum absolute atomic E-state index is 13.6. The van der Waals surface area contributed by atoms with Gasteiger partial charge in [0.1, 0.15) is 58.7 Å². The first-order valence-electron chi connectivity index (χ1n) is 38.1. The number of nitrogens with one attached hydrogen (secondary N) is 11. The van der Waals surface area contributed by atoms with Crippen LogP contribution in [-0.2, 0) is 121 Å². The number of anilines is 11. The molecule has 0 unspecified atom stereocenters. The van der Waals surface area contributed by atoms with Gasteiger partial charge in [0.2, 0.25) is 0 Å². The smallest absolute Gasteiger partial charge is 0.323 e. The quantitative estimate of drug-likeness (QED) is 0.0194. The summed E-state index contributed by atoms with van der Waals surface area (Å²) >= 11 is 0. The van der Waals surface area contributed by atoms with Gasteiger partial charge in [-0.15, -0.1) is 0 Å². The van der Waals surface area contributed by atoms with E-state index in [9.17, 15) is 184 Å². The highest BCUT2D eigenvalue weighted by molar-refractivity contribution is 7.89. The van der Waals surface area contributed by atoms with Crippen LogP contribution in [0.4, 0.5) is 91.3 Å². The monoisotopic (exact) mass is 2220 g/mol. The average Bonchev–Trinajstić information content (AvgIpc) is 0.770. The van der Waals surface area contributed by atoms with E-state index in [1.54, 1.807) is 0 Å². The van der Waals surface area contributed by atoms with E-state index in [2.05, 4.69) is 53.2 Å². The van der Waals surface area contributed by atoms with E-state index in [1.807, 2.05) is 5.32 Å². The number of benzene rings is 12. The fraction of sp³-hybridized carbons (Fsp3) is 0. The summed E-state index contributed by atoms with van der Waals surface area (Å²) in [6.07, 6.45) is 0. The topological polar surface area (TPSA) is 913 Å². The number of hydrogen-bond donors (Lipinski definition) is 24. The summed E-state index contributed by atoms with van der Waals surface area (Å²) in [7, 11) is -65.2. The molecule has 54 nitrogen and oxygen atoms in total. The Balaban J connectivity index is 0.714. The molecular weight excluding hydrogens is 2160 g/mol. The van der Waals surface area contributed by atoms with E-state index in [1.165, 1.54) is 12.1 Å². The van der Waals surface area contributed by atoms with Gasteiger partial charge in [0.15, 0.2) is 0 Å². The van der Waals surface area contributed by atoms with Crippen LogP contribution in [0.25, 0.3) is 66.8 Å². The molecule has 0 aromatic heterocycles. The fourth-order valence-corrected chi connectivity index (χ4v) is 22.7. The lowest BCUT2D eigenvalue weighted by Crippen LogP contribution is -2.20. The second-order valence-corrected chi connectivity index (χ2v) is 46.1. The molecule has 0 saturated heterocycles. The number of nitrogens with two attached hydrogens (primary N) is 1. The van der Waals surface area contributed by atoms with Crippen LogP contribution in [0, 0.1) is 0 Å². The van der Waals surface area contributed by atoms with Gasteiger partial charge in [-0.05, 0) is 140 Å². The normalized spacial score (nSPS) is 12.5. The van der Waals surface area contributed by atoms with Crippen LogP contribution >= 0.6 is 0 Å². The second kappa shape index (κ2) is 39.8. The predicted molar refractivity (Wildman–Crippen MR) is 505 cm³/mol. The Bertz CT molecular complexity index is 8780. The Morgan fingerprint density at radius 2 is 0.257 bits per heavy atom. The lowest BCUT2D eigenvalue weighted by Gasteiger charge is -2.17. The largest absolute Gasteiger partial charge is 0.351 e. The second-order valence-electron chi connectivity index (χ2n) is 29.4. The van der Waals surface area contributed by atoms with Gasteiger partial charge in [0, 0.05) is 129 Å². The van der Waals surface area contributed by atoms with Gasteiger partial charge >= 0.3 is 36.2 Å². The van der Waals surface area contributed by atoms with Crippen molar-refractivity contribution >= 4 is 220 Å². The number of carbonyl (C=O) groups excluding carboxylic acids is 6. The SMILES string of the molecule is NC(=O)Nc1ccc(-c2ccc(NC(=O)Nc3ccc(-c4ccc(NC(=O)Nc5ccc(-c6ccc(NC(=O)Nc7ccc(-c8ccc(NC(=O)Nc9ccc(-c%10ccc(NC(=O)Nc%11ccc(-c%12ccccc%12S(=O)(=O)O)c(S(=O)(=O)O)c%11)cc%10S(=O)(=O)O)c(S(=O)(=O)O)c9)cc8S(=O)(=O)O)c(S(=O)(=O)O)c7)cc6S(=O)(=O)O)c(S(=O)(=O)O)c5)cc4S(=O)(=O)O)c(S(=O)(=O)O)c3)cc2S(=O)(=O)O)c(S(=O)(=O)O)c1. The van der Waals surface area contributed by atoms with Gasteiger partial charge in [-0.2, -0.15) is 101 Å². The summed E-state index contributed by atoms with van der Waals surface area (Å²) < 4.78 is 431. The van der Waals surface area contributed by atoms with E-state index in [0.717, 1.165) is 146 Å². The molecule has 0 heterocycles. The minimum absolute atomic E-state index is 0.290. The standard InChI is InChI=1S/C78H62N12O42S12/c79-73(91)80-38-5-16-51(62(27-38)134(100,101)102)52-18-7-40(29-64(52)136(106,107)108)83-75(93)84-42-9-20-55(66(31-42)138(112,113)114)56-22-11-44(33-68(56)140(118,119)120)87-77(95)88-46-13-24-59(70(35-46)142(124,125)126)60-26-15-48(37-72(60)144(130,131)132)90-78(96)89-47-14-25-58(71(36-47)143(127,128)129)57-23-12-45(34-69(57)141(121,122)123)86-76(94)85-43-10-21-54(67(32-43)139(115,116)117)53-19-8-41(30-65(53)137(109,110)111)82-74(92)81-39-6-17-50(63(28-39)135(103,104)105)49-3-1-2-4-61(49)133(97,98)99/h1-37H,(H3,79,80,91)(H2,81,82,92)(H2,83,84,93)(H2,85,86,94)(H2,87,88,95)(H2,89,90,96)(H,97,98,99)(H,100,101,102)(H,103,104,105)(H,106,107,108)(H,109,110,111)(H,112,113,114)(H,115,116,117)(H,118,119,120)(H,121,122,123)(H,124,125,126)(H,127,128,129)(H,130,131,132). The molecule has 0 saturated carbocycles. The third-order valence-corrected chi connectivity index (χ3v) is 30.3. The fourth-order valence-electron chi connectivity index (χ4n) is 13.9. The number of urea groups is 6. The van der Waals surface area contributed by atoms with Crippen molar-refractivity contribution in [3.05, 3.63) is 224 Å². The number of hydrogen-bond acceptors (Lipinski definition) is 30. The first kappa shape index (κ1) is 108. The van der Waals surface area contributed by atoms with Crippen LogP contribution in [0.3, 0.4) is 0 Å². The van der Waals surface area contributed by atoms with E-state index in [0.29, 0.717) is 66.7 Å². The lowest BCUT2D eigenvalue weighted by atomic mass is 10.0. The molecule has 12 rings (SSSR count). The molecule has 12 amide bonds. The Labute approximate surface area is 812 Å². The number of rotatable bonds is 29. The summed E-state index contributed by atoms with van der Waals surface area (Å²) in [5.41, 5.74) is -8.63. The van der Waals surface area contributed by atoms with Gasteiger partial charge in [0.25, 0.3) is 121 Å². The minimum Gasteiger partial charge on any atom is -0.351 e. The van der Waals surface area contributed by atoms with Crippen LogP contribution in [-0.4, -0.2) is 192 Å². The lowest BCUT2D eigenvalue weighted by molar-refractivity contribution is 0.258. The summed E-state index contributed by atoms with van der Waals surface area (Å²) in [5, 5.41) is 23.3. The van der Waals surface area contributed by atoms with Crippen molar-refractivity contribution in [1.29, 1.82) is 0 Å². The average molecular weight is 2220 g/mol. The van der Waals surface area contributed by atoms with E-state index in [-0.39, 0.29) is 5.69 Å². The zero-order valence-corrected chi connectivity index (χ0v) is 80.3. The third kappa shape index (κ3) is 26.0. The maximum Gasteiger partial charge on any atom is 0.323 e. The molecule has 25 N–H and O–H groups in total. The van der Waals surface area contributed by atoms with Gasteiger partial charge < -0.3 is 64.2 Å². The first-order chi connectivity index (χ1) is 66.3. The summed E-state index contributed by atoms with van der Waals surface area (Å²) in [4.78, 5) is 65.1. The molecule has 0 bridgehead atoms. The summed E-state index contributed by atoms with van der Waals surface area (Å²) in [6.45, 7) is 0. The van der Waals surface area contributed by atoms with Crippen LogP contribution in [0.5, 0.6) is 0 Å². The molecule has 12 aromatic rings. The Morgan fingerprint density at radius 1 is 0.153 bits per heavy atom. The van der Waals surface area contributed by atoms with Crippen LogP contribution in [0.2, 0.25) is 0 Å². The van der Waals surface area contributed by atoms with Gasteiger partial charge in [-0.3, -0.25) is 54.6 Å². The molecule has 144 heavy (non-hydrogen) atoms. The van der Waals surface area contributed by atoms with Crippen molar-refractivity contribution in [2.75, 3.05) is 58.5 Å². The van der Waals surface area contributed by atoms with Crippen molar-refractivity contribution < 1.29 is 184 Å². The molecule has 0 radical (unpaired) electrons. The minimum atomic E-state index is -5.58. The van der Waals surface area contributed by atoms with Crippen molar-refractivity contribution in [3.63, 3.8) is 0 Å². The van der Waals surface area contributed by atoms with Crippen molar-refractivity contribution in [2.24, 2.45) is 5.73 Å². The Morgan fingerprint density at radius 3 is 0.368 bits per heavy atom. The van der Waals surface area contributed by atoms with E-state index < -0.39 is 340 Å². The van der Waals surface area contributed by atoms with Gasteiger partial charge in [-0.25, -0.2) is 28.8 Å². The number of carbonyl (C=O) groups is 6. The molecule has 0 aliphatic carbocycles. The van der Waals surface area contributed by atoms with Crippen molar-refractivity contribution in [3.8, 4) is 66.8 Å². The van der Waals surface area contributed by atoms with Gasteiger partial charge in [-0.1, -0.05) is 84.9 Å². The highest BCUT2D eigenvalue weighted by Crippen LogP contribution is 2.44. The Hall–Kier alpha value is -14.8. The predicted octanol–water partition coefficient (Wildman–Crippen LogP) is 10.4. The third-order valence-electron chi connectivity index (χ3n) is 19.6. The zero-order valence-electron chi connectivity index (χ0n) is 70.5. The molecule has 0 atom stereocenters. The highest BCUT2D eigenvalue weighted by Gasteiger charge is 2.34. The summed E-state index contributed by atoms with van der Waals surface area (Å²) in [5.74, 6) is 0. The molecule has 0 aliphatic heterocycles. The van der Waals surface area contributed by atoms with E-state index >= 15 is 0 Å². The molecular formula is C78H62N12O42S12. The molecule has 0 aliphatic rings. The molecule has 0 spiro atoms. The van der Waals surface area contributed by atoms with Crippen LogP contribution in [0.15, 0.2) is 283 Å². The van der Waals surface area contributed by atoms with Crippen molar-refractivity contribution in [2.45, 2.75) is 58.7 Å². The maximum atomic E-state index is 13.6. The Kier molecular flexibility index (Phi) is 29.9. The van der Waals surface area contributed by atoms with E-state index in [4.69, 9.17) is 5.73 Å². The molecule has 0 fully saturated rings. The van der Waals surface area contributed by atoms with Crippen molar-refractivity contribution in [1.82, 2.24) is 0 Å². The number of primary amides is 1. The highest BCUT2D eigenvalue weighted by atomic mass is 32.3. The molecule has 758 valence electrons. The molecule has 12 aromatic carbocycles. The van der Waals surface area contributed by atoms with Crippen LogP contribution in [0.1, 0.15) is 0 Å². The molecule has 66 heteroatoms. The first-order valence-corrected chi connectivity index (χ1v) is 55.4. The number of amides is 12. The van der Waals surface area contributed by atoms with Gasteiger partial charge in [0.05, 0.1) is 0 Å².